The molecular weight excluding hydrogens is 452 g/mol. The van der Waals surface area contributed by atoms with Crippen molar-refractivity contribution in [1.29, 1.82) is 15.8 Å². The highest BCUT2D eigenvalue weighted by Crippen LogP contribution is 2.54. The van der Waals surface area contributed by atoms with Crippen LogP contribution in [0.3, 0.4) is 0 Å². The van der Waals surface area contributed by atoms with Crippen LogP contribution >= 0.6 is 0 Å². The molecule has 1 aliphatic carbocycles. The molecule has 0 aromatic heterocycles. The molecule has 1 heterocycles. The summed E-state index contributed by atoms with van der Waals surface area (Å²) in [5.41, 5.74) is 5.30. The number of ether oxygens (including phenoxy) is 1. The fraction of sp³-hybridized carbons (Fsp3) is 0.231. The first-order valence-corrected chi connectivity index (χ1v) is 10.7. The van der Waals surface area contributed by atoms with E-state index >= 15 is 0 Å². The number of amides is 1. The second-order valence-electron chi connectivity index (χ2n) is 8.29. The lowest BCUT2D eigenvalue weighted by Crippen LogP contribution is -2.49. The van der Waals surface area contributed by atoms with Crippen molar-refractivity contribution in [1.82, 2.24) is 4.90 Å². The van der Waals surface area contributed by atoms with Crippen molar-refractivity contribution in [3.05, 3.63) is 94.2 Å². The maximum atomic E-state index is 14.2. The molecule has 0 radical (unpaired) electrons. The van der Waals surface area contributed by atoms with Crippen LogP contribution in [-0.2, 0) is 11.3 Å². The van der Waals surface area contributed by atoms with Gasteiger partial charge >= 0.3 is 6.09 Å². The van der Waals surface area contributed by atoms with Crippen LogP contribution < -0.4 is 5.73 Å². The zero-order valence-corrected chi connectivity index (χ0v) is 18.4. The Kier molecular flexibility index (Phi) is 6.23. The summed E-state index contributed by atoms with van der Waals surface area (Å²) < 4.78 is 33.3. The Labute approximate surface area is 200 Å². The van der Waals surface area contributed by atoms with Crippen LogP contribution in [0.15, 0.2) is 71.5 Å². The molecule has 2 atom stereocenters. The number of nitriles is 3. The van der Waals surface area contributed by atoms with E-state index in [4.69, 9.17) is 10.5 Å². The molecule has 1 amide bonds. The van der Waals surface area contributed by atoms with Crippen molar-refractivity contribution < 1.29 is 18.3 Å². The lowest BCUT2D eigenvalue weighted by Gasteiger charge is -2.45. The molecule has 2 aromatic rings. The van der Waals surface area contributed by atoms with Crippen molar-refractivity contribution in [3.8, 4) is 18.2 Å². The predicted octanol–water partition coefficient (Wildman–Crippen LogP) is 4.03. The maximum Gasteiger partial charge on any atom is 0.410 e. The number of carbonyl (C=O) groups excluding carboxylic acids is 1. The number of benzene rings is 2. The van der Waals surface area contributed by atoms with E-state index in [9.17, 15) is 29.4 Å². The van der Waals surface area contributed by atoms with E-state index in [2.05, 4.69) is 0 Å². The first-order valence-electron chi connectivity index (χ1n) is 10.7. The third-order valence-corrected chi connectivity index (χ3v) is 6.43. The van der Waals surface area contributed by atoms with Crippen molar-refractivity contribution in [2.24, 2.45) is 17.1 Å². The van der Waals surface area contributed by atoms with Crippen LogP contribution in [0.5, 0.6) is 0 Å². The van der Waals surface area contributed by atoms with Crippen molar-refractivity contribution in [3.63, 3.8) is 0 Å². The molecule has 0 spiro atoms. The Balaban J connectivity index is 1.75. The molecule has 0 saturated heterocycles. The number of carbonyl (C=O) groups is 1. The molecule has 1 aliphatic heterocycles. The number of hydrogen-bond donors (Lipinski definition) is 1. The Morgan fingerprint density at radius 3 is 2.46 bits per heavy atom. The fourth-order valence-electron chi connectivity index (χ4n) is 4.72. The highest BCUT2D eigenvalue weighted by atomic mass is 19.2. The normalized spacial score (nSPS) is 20.5. The second kappa shape index (κ2) is 9.29. The average molecular weight is 471 g/mol. The Morgan fingerprint density at radius 2 is 1.83 bits per heavy atom. The topological polar surface area (TPSA) is 127 Å². The number of fused-ring (bicyclic) bond motifs is 1. The molecule has 2 aromatic carbocycles. The van der Waals surface area contributed by atoms with E-state index in [1.807, 2.05) is 48.5 Å². The number of rotatable bonds is 3. The Hall–Kier alpha value is -4.68. The highest BCUT2D eigenvalue weighted by Gasteiger charge is 2.55. The number of allylic oxidation sites excluding steroid dienone is 2. The van der Waals surface area contributed by atoms with Gasteiger partial charge in [-0.25, -0.2) is 13.6 Å². The molecule has 4 rings (SSSR count). The smallest absolute Gasteiger partial charge is 0.410 e. The molecule has 9 heteroatoms. The molecule has 0 fully saturated rings. The molecule has 7 nitrogen and oxygen atoms in total. The van der Waals surface area contributed by atoms with Crippen LogP contribution in [0.2, 0.25) is 0 Å². The van der Waals surface area contributed by atoms with Crippen molar-refractivity contribution in [2.75, 3.05) is 13.1 Å². The number of nitrogens with two attached hydrogens (primary N) is 1. The summed E-state index contributed by atoms with van der Waals surface area (Å²) in [5.74, 6) is -4.07. The van der Waals surface area contributed by atoms with Gasteiger partial charge in [-0.1, -0.05) is 42.5 Å². The first kappa shape index (κ1) is 23.5. The summed E-state index contributed by atoms with van der Waals surface area (Å²) in [4.78, 5) is 14.2. The number of halogens is 2. The zero-order chi connectivity index (χ0) is 25.2. The van der Waals surface area contributed by atoms with Crippen molar-refractivity contribution >= 4 is 6.09 Å². The molecule has 2 N–H and O–H groups in total. The minimum atomic E-state index is -2.03. The highest BCUT2D eigenvalue weighted by molar-refractivity contribution is 5.69. The Morgan fingerprint density at radius 1 is 1.11 bits per heavy atom. The monoisotopic (exact) mass is 471 g/mol. The zero-order valence-electron chi connectivity index (χ0n) is 18.4. The lowest BCUT2D eigenvalue weighted by atomic mass is 9.58. The van der Waals surface area contributed by atoms with Crippen LogP contribution in [0, 0.1) is 57.0 Å². The number of nitrogens with zero attached hydrogens (tertiary/aromatic N) is 4. The van der Waals surface area contributed by atoms with Gasteiger partial charge in [0.25, 0.3) is 0 Å². The summed E-state index contributed by atoms with van der Waals surface area (Å²) in [5, 5.41) is 29.9. The third kappa shape index (κ3) is 3.96. The van der Waals surface area contributed by atoms with Crippen LogP contribution in [0.4, 0.5) is 13.6 Å². The summed E-state index contributed by atoms with van der Waals surface area (Å²) in [6, 6.07) is 18.0. The van der Waals surface area contributed by atoms with Gasteiger partial charge < -0.3 is 15.4 Å². The minimum absolute atomic E-state index is 0.0192. The molecule has 0 unspecified atom stereocenters. The summed E-state index contributed by atoms with van der Waals surface area (Å²) in [6.07, 6.45) is 0.989. The lowest BCUT2D eigenvalue weighted by molar-refractivity contribution is 0.0898. The van der Waals surface area contributed by atoms with Gasteiger partial charge in [-0.2, -0.15) is 15.8 Å². The SMILES string of the molecule is N#CC1=C(N)C(C#N)(C#N)[C@H](c2ccc(F)c(F)c2)[C@@H]2CN(C(=O)OCc3ccccc3)CC=C12. The van der Waals surface area contributed by atoms with Gasteiger partial charge in [0, 0.05) is 24.9 Å². The standard InChI is InChI=1S/C26H19F2N5O2/c27-21-7-6-17(10-22(21)28)23-20-12-33(25(34)35-13-16-4-2-1-3-5-16)9-8-18(20)19(11-29)24(32)26(23,14-30)15-31/h1-8,10,20,23H,9,12-13,32H2/t20-,23-/m1/s1. The quantitative estimate of drug-likeness (QED) is 0.720. The van der Waals surface area contributed by atoms with E-state index in [-0.39, 0.29) is 36.5 Å². The molecule has 174 valence electrons. The summed E-state index contributed by atoms with van der Waals surface area (Å²) >= 11 is 0. The van der Waals surface area contributed by atoms with E-state index in [1.165, 1.54) is 11.0 Å². The summed E-state index contributed by atoms with van der Waals surface area (Å²) in [6.45, 7) is 0.127. The maximum absolute atomic E-state index is 14.2. The predicted molar refractivity (Wildman–Crippen MR) is 119 cm³/mol. The van der Waals surface area contributed by atoms with Gasteiger partial charge in [0.1, 0.15) is 12.7 Å². The largest absolute Gasteiger partial charge is 0.445 e. The van der Waals surface area contributed by atoms with Gasteiger partial charge in [-0.15, -0.1) is 0 Å². The van der Waals surface area contributed by atoms with E-state index in [1.54, 1.807) is 6.08 Å². The van der Waals surface area contributed by atoms with Crippen LogP contribution in [0.25, 0.3) is 0 Å². The van der Waals surface area contributed by atoms with Gasteiger partial charge in [-0.05, 0) is 28.8 Å². The van der Waals surface area contributed by atoms with E-state index in [0.29, 0.717) is 5.57 Å². The van der Waals surface area contributed by atoms with Gasteiger partial charge in [0.2, 0.25) is 0 Å². The first-order chi connectivity index (χ1) is 16.9. The van der Waals surface area contributed by atoms with Gasteiger partial charge in [0.15, 0.2) is 17.0 Å². The molecular formula is C26H19F2N5O2. The average Bonchev–Trinajstić information content (AvgIpc) is 2.88. The minimum Gasteiger partial charge on any atom is -0.445 e. The molecule has 2 aliphatic rings. The van der Waals surface area contributed by atoms with Gasteiger partial charge in [0.05, 0.1) is 23.4 Å². The third-order valence-electron chi connectivity index (χ3n) is 6.43. The molecule has 0 saturated carbocycles. The Bertz CT molecular complexity index is 1350. The summed E-state index contributed by atoms with van der Waals surface area (Å²) in [7, 11) is 0. The fourth-order valence-corrected chi connectivity index (χ4v) is 4.72. The van der Waals surface area contributed by atoms with Gasteiger partial charge in [-0.3, -0.25) is 0 Å². The van der Waals surface area contributed by atoms with Crippen molar-refractivity contribution in [2.45, 2.75) is 12.5 Å². The molecule has 0 bridgehead atoms. The van der Waals surface area contributed by atoms with E-state index in [0.717, 1.165) is 17.7 Å². The van der Waals surface area contributed by atoms with Crippen LogP contribution in [-0.4, -0.2) is 24.1 Å². The van der Waals surface area contributed by atoms with E-state index < -0.39 is 35.0 Å². The number of hydrogen-bond acceptors (Lipinski definition) is 6. The molecule has 35 heavy (non-hydrogen) atoms. The second-order valence-corrected chi connectivity index (χ2v) is 8.29. The van der Waals surface area contributed by atoms with Crippen LogP contribution in [0.1, 0.15) is 17.0 Å².